The van der Waals surface area contributed by atoms with Crippen molar-refractivity contribution >= 4 is 34.1 Å². The summed E-state index contributed by atoms with van der Waals surface area (Å²) >= 11 is 1.28. The van der Waals surface area contributed by atoms with Gasteiger partial charge in [-0.05, 0) is 53.1 Å². The second-order valence-corrected chi connectivity index (χ2v) is 7.26. The van der Waals surface area contributed by atoms with Gasteiger partial charge < -0.3 is 10.0 Å². The molecule has 1 aromatic heterocycles. The largest absolute Gasteiger partial charge is 0.508 e. The Morgan fingerprint density at radius 3 is 2.62 bits per heavy atom. The van der Waals surface area contributed by atoms with Crippen LogP contribution in [0.1, 0.15) is 6.92 Å². The predicted octanol–water partition coefficient (Wildman–Crippen LogP) is 3.67. The highest BCUT2D eigenvalue weighted by atomic mass is 32.2. The summed E-state index contributed by atoms with van der Waals surface area (Å²) in [6, 6.07) is 20.6. The molecule has 0 radical (unpaired) electrons. The summed E-state index contributed by atoms with van der Waals surface area (Å²) in [6.07, 6.45) is 0. The summed E-state index contributed by atoms with van der Waals surface area (Å²) in [7, 11) is 0. The summed E-state index contributed by atoms with van der Waals surface area (Å²) in [4.78, 5) is 14.8. The molecule has 0 saturated carbocycles. The lowest BCUT2D eigenvalue weighted by Gasteiger charge is -2.22. The van der Waals surface area contributed by atoms with Crippen molar-refractivity contribution in [1.82, 2.24) is 20.2 Å². The molecule has 0 aliphatic heterocycles. The molecule has 0 bridgehead atoms. The number of hydrogen-bond acceptors (Lipinski definition) is 6. The van der Waals surface area contributed by atoms with Gasteiger partial charge in [-0.3, -0.25) is 4.79 Å². The van der Waals surface area contributed by atoms with Crippen LogP contribution in [0.15, 0.2) is 71.9 Å². The van der Waals surface area contributed by atoms with Crippen LogP contribution >= 0.6 is 11.8 Å². The molecule has 0 saturated heterocycles. The van der Waals surface area contributed by atoms with E-state index in [0.717, 1.165) is 16.5 Å². The van der Waals surface area contributed by atoms with E-state index >= 15 is 0 Å². The van der Waals surface area contributed by atoms with Gasteiger partial charge in [-0.1, -0.05) is 48.2 Å². The summed E-state index contributed by atoms with van der Waals surface area (Å²) in [6.45, 7) is 2.53. The number of carbonyl (C=O) groups is 1. The van der Waals surface area contributed by atoms with Gasteiger partial charge in [-0.25, -0.2) is 0 Å². The maximum atomic E-state index is 13.0. The van der Waals surface area contributed by atoms with Crippen LogP contribution in [-0.4, -0.2) is 43.5 Å². The van der Waals surface area contributed by atoms with Crippen LogP contribution in [0.2, 0.25) is 0 Å². The zero-order chi connectivity index (χ0) is 20.2. The standard InChI is InChI=1S/C21H19N5O2S/c1-2-25(19-9-5-7-15-6-3-4-8-18(15)19)20(28)14-29-21-22-23-24-26(21)16-10-12-17(27)13-11-16/h3-13,27H,2,14H2,1H3. The molecule has 1 N–H and O–H groups in total. The molecule has 0 aliphatic carbocycles. The smallest absolute Gasteiger partial charge is 0.237 e. The van der Waals surface area contributed by atoms with E-state index in [1.807, 2.05) is 49.4 Å². The number of phenolic OH excluding ortho intramolecular Hbond substituents is 1. The Bertz CT molecular complexity index is 1140. The molecule has 1 heterocycles. The van der Waals surface area contributed by atoms with Crippen LogP contribution in [0.3, 0.4) is 0 Å². The van der Waals surface area contributed by atoms with Gasteiger partial charge in [0.05, 0.1) is 17.1 Å². The van der Waals surface area contributed by atoms with Crippen molar-refractivity contribution in [2.45, 2.75) is 12.1 Å². The second kappa shape index (κ2) is 8.32. The van der Waals surface area contributed by atoms with E-state index in [1.54, 1.807) is 33.8 Å². The fraction of sp³-hybridized carbons (Fsp3) is 0.143. The fourth-order valence-electron chi connectivity index (χ4n) is 3.15. The van der Waals surface area contributed by atoms with Crippen molar-refractivity contribution in [3.8, 4) is 11.4 Å². The Labute approximate surface area is 172 Å². The van der Waals surface area contributed by atoms with Crippen LogP contribution in [0.5, 0.6) is 5.75 Å². The van der Waals surface area contributed by atoms with E-state index in [2.05, 4.69) is 15.5 Å². The first-order chi connectivity index (χ1) is 14.2. The fourth-order valence-corrected chi connectivity index (χ4v) is 3.92. The number of nitrogens with zero attached hydrogens (tertiary/aromatic N) is 5. The van der Waals surface area contributed by atoms with Crippen LogP contribution in [0.4, 0.5) is 5.69 Å². The maximum absolute atomic E-state index is 13.0. The highest BCUT2D eigenvalue weighted by Gasteiger charge is 2.18. The zero-order valence-electron chi connectivity index (χ0n) is 15.8. The molecule has 29 heavy (non-hydrogen) atoms. The van der Waals surface area contributed by atoms with Crippen LogP contribution < -0.4 is 4.90 Å². The van der Waals surface area contributed by atoms with Gasteiger partial charge >= 0.3 is 0 Å². The van der Waals surface area contributed by atoms with Crippen molar-refractivity contribution in [2.75, 3.05) is 17.2 Å². The molecule has 4 rings (SSSR count). The van der Waals surface area contributed by atoms with Crippen molar-refractivity contribution in [2.24, 2.45) is 0 Å². The van der Waals surface area contributed by atoms with Crippen LogP contribution in [0.25, 0.3) is 16.5 Å². The third-order valence-corrected chi connectivity index (χ3v) is 5.44. The normalized spacial score (nSPS) is 10.9. The lowest BCUT2D eigenvalue weighted by molar-refractivity contribution is -0.116. The lowest BCUT2D eigenvalue weighted by atomic mass is 10.1. The molecule has 1 amide bonds. The number of anilines is 1. The van der Waals surface area contributed by atoms with E-state index in [1.165, 1.54) is 11.8 Å². The SMILES string of the molecule is CCN(C(=O)CSc1nnnn1-c1ccc(O)cc1)c1cccc2ccccc12. The van der Waals surface area contributed by atoms with E-state index in [-0.39, 0.29) is 17.4 Å². The molecular weight excluding hydrogens is 386 g/mol. The highest BCUT2D eigenvalue weighted by Crippen LogP contribution is 2.28. The number of thioether (sulfide) groups is 1. The molecule has 0 aliphatic rings. The first-order valence-electron chi connectivity index (χ1n) is 9.16. The molecule has 3 aromatic carbocycles. The van der Waals surface area contributed by atoms with E-state index in [9.17, 15) is 9.90 Å². The van der Waals surface area contributed by atoms with Crippen LogP contribution in [-0.2, 0) is 4.79 Å². The molecule has 4 aromatic rings. The molecule has 0 unspecified atom stereocenters. The molecule has 0 atom stereocenters. The molecule has 0 fully saturated rings. The number of aromatic hydroxyl groups is 1. The van der Waals surface area contributed by atoms with E-state index < -0.39 is 0 Å². The number of tetrazole rings is 1. The Kier molecular flexibility index (Phi) is 5.44. The van der Waals surface area contributed by atoms with Crippen molar-refractivity contribution < 1.29 is 9.90 Å². The van der Waals surface area contributed by atoms with Crippen molar-refractivity contribution in [1.29, 1.82) is 0 Å². The number of carbonyl (C=O) groups excluding carboxylic acids is 1. The van der Waals surface area contributed by atoms with Gasteiger partial charge in [0.1, 0.15) is 5.75 Å². The van der Waals surface area contributed by atoms with Crippen molar-refractivity contribution in [3.05, 3.63) is 66.7 Å². The number of fused-ring (bicyclic) bond motifs is 1. The summed E-state index contributed by atoms with van der Waals surface area (Å²) in [5.74, 6) is 0.351. The third kappa shape index (κ3) is 3.93. The summed E-state index contributed by atoms with van der Waals surface area (Å²) in [5.41, 5.74) is 1.61. The highest BCUT2D eigenvalue weighted by molar-refractivity contribution is 7.99. The maximum Gasteiger partial charge on any atom is 0.237 e. The van der Waals surface area contributed by atoms with Gasteiger partial charge in [-0.15, -0.1) is 5.10 Å². The zero-order valence-corrected chi connectivity index (χ0v) is 16.6. The number of aromatic nitrogens is 4. The Morgan fingerprint density at radius 1 is 1.07 bits per heavy atom. The number of rotatable bonds is 6. The van der Waals surface area contributed by atoms with Gasteiger partial charge in [0, 0.05) is 11.9 Å². The Balaban J connectivity index is 1.54. The minimum atomic E-state index is -0.0193. The molecule has 7 nitrogen and oxygen atoms in total. The summed E-state index contributed by atoms with van der Waals surface area (Å²) < 4.78 is 1.55. The first kappa shape index (κ1) is 18.9. The predicted molar refractivity (Wildman–Crippen MR) is 114 cm³/mol. The van der Waals surface area contributed by atoms with Crippen molar-refractivity contribution in [3.63, 3.8) is 0 Å². The average molecular weight is 405 g/mol. The van der Waals surface area contributed by atoms with Gasteiger partial charge in [0.2, 0.25) is 11.1 Å². The molecule has 0 spiro atoms. The molecule has 8 heteroatoms. The quantitative estimate of drug-likeness (QED) is 0.493. The number of hydrogen-bond donors (Lipinski definition) is 1. The third-order valence-electron chi connectivity index (χ3n) is 4.53. The lowest BCUT2D eigenvalue weighted by Crippen LogP contribution is -2.32. The van der Waals surface area contributed by atoms with E-state index in [4.69, 9.17) is 0 Å². The Hall–Kier alpha value is -3.39. The van der Waals surface area contributed by atoms with E-state index in [0.29, 0.717) is 17.4 Å². The number of amides is 1. The average Bonchev–Trinajstić information content (AvgIpc) is 3.22. The first-order valence-corrected chi connectivity index (χ1v) is 10.1. The van der Waals surface area contributed by atoms with Gasteiger partial charge in [0.25, 0.3) is 0 Å². The van der Waals surface area contributed by atoms with Gasteiger partial charge in [-0.2, -0.15) is 4.68 Å². The monoisotopic (exact) mass is 405 g/mol. The Morgan fingerprint density at radius 2 is 1.83 bits per heavy atom. The van der Waals surface area contributed by atoms with Crippen LogP contribution in [0, 0.1) is 0 Å². The molecular formula is C21H19N5O2S. The second-order valence-electron chi connectivity index (χ2n) is 6.31. The van der Waals surface area contributed by atoms with Gasteiger partial charge in [0.15, 0.2) is 0 Å². The topological polar surface area (TPSA) is 84.1 Å². The number of benzene rings is 3. The minimum absolute atomic E-state index is 0.0193. The number of phenols is 1. The minimum Gasteiger partial charge on any atom is -0.508 e. The summed E-state index contributed by atoms with van der Waals surface area (Å²) in [5, 5.41) is 23.8. The molecule has 146 valence electrons.